The Kier molecular flexibility index (Phi) is 3.25. The average Bonchev–Trinajstić information content (AvgIpc) is 3.04. The molecular formula is C13H17N3S. The third kappa shape index (κ3) is 2.58. The van der Waals surface area contributed by atoms with Crippen molar-refractivity contribution >= 4 is 11.3 Å². The zero-order chi connectivity index (χ0) is 11.5. The Bertz CT molecular complexity index is 393. The number of imidazole rings is 1. The van der Waals surface area contributed by atoms with E-state index in [2.05, 4.69) is 37.5 Å². The van der Waals surface area contributed by atoms with Crippen molar-refractivity contribution in [1.29, 1.82) is 0 Å². The van der Waals surface area contributed by atoms with Gasteiger partial charge in [-0.05, 0) is 41.8 Å². The van der Waals surface area contributed by atoms with Gasteiger partial charge in [-0.15, -0.1) is 0 Å². The molecule has 3 heterocycles. The van der Waals surface area contributed by atoms with Crippen molar-refractivity contribution < 1.29 is 0 Å². The summed E-state index contributed by atoms with van der Waals surface area (Å²) in [5, 5.41) is 4.42. The Balaban J connectivity index is 1.63. The molecule has 0 saturated carbocycles. The Hall–Kier alpha value is -1.13. The maximum Gasteiger partial charge on any atom is 0.0946 e. The standard InChI is InChI=1S/C13H17N3S/c1-2-13(9-15-6-4-14-11-15)16(5-1)8-12-3-7-17-10-12/h3-4,6-7,10-11,13H,1-2,5,8-9H2/t13-/m1/s1. The monoisotopic (exact) mass is 247 g/mol. The number of thiophene rings is 1. The van der Waals surface area contributed by atoms with E-state index in [1.807, 2.05) is 12.5 Å². The van der Waals surface area contributed by atoms with Gasteiger partial charge in [-0.1, -0.05) is 0 Å². The van der Waals surface area contributed by atoms with Gasteiger partial charge in [0.2, 0.25) is 0 Å². The Morgan fingerprint density at radius 1 is 1.47 bits per heavy atom. The van der Waals surface area contributed by atoms with E-state index in [4.69, 9.17) is 0 Å². The van der Waals surface area contributed by atoms with E-state index in [1.54, 1.807) is 11.3 Å². The highest BCUT2D eigenvalue weighted by atomic mass is 32.1. The maximum atomic E-state index is 4.11. The second kappa shape index (κ2) is 5.02. The minimum absolute atomic E-state index is 0.670. The number of nitrogens with zero attached hydrogens (tertiary/aromatic N) is 3. The molecular weight excluding hydrogens is 230 g/mol. The molecule has 1 aliphatic heterocycles. The van der Waals surface area contributed by atoms with Crippen LogP contribution in [0.25, 0.3) is 0 Å². The van der Waals surface area contributed by atoms with Gasteiger partial charge in [0.25, 0.3) is 0 Å². The van der Waals surface area contributed by atoms with Crippen LogP contribution in [0.4, 0.5) is 0 Å². The van der Waals surface area contributed by atoms with Crippen LogP contribution in [-0.2, 0) is 13.1 Å². The molecule has 90 valence electrons. The average molecular weight is 247 g/mol. The van der Waals surface area contributed by atoms with E-state index in [0.29, 0.717) is 6.04 Å². The third-order valence-corrected chi connectivity index (χ3v) is 4.18. The van der Waals surface area contributed by atoms with Crippen LogP contribution in [0.15, 0.2) is 35.5 Å². The molecule has 0 spiro atoms. The number of hydrogen-bond acceptors (Lipinski definition) is 3. The minimum Gasteiger partial charge on any atom is -0.336 e. The fourth-order valence-electron chi connectivity index (χ4n) is 2.57. The lowest BCUT2D eigenvalue weighted by Crippen LogP contribution is -2.32. The van der Waals surface area contributed by atoms with Gasteiger partial charge in [-0.3, -0.25) is 4.90 Å². The van der Waals surface area contributed by atoms with Crippen LogP contribution in [0.2, 0.25) is 0 Å². The SMILES string of the molecule is c1cn(C[C@H]2CCCN2Cc2ccsc2)cn1. The third-order valence-electron chi connectivity index (χ3n) is 3.45. The lowest BCUT2D eigenvalue weighted by molar-refractivity contribution is 0.224. The van der Waals surface area contributed by atoms with Crippen LogP contribution in [0.5, 0.6) is 0 Å². The lowest BCUT2D eigenvalue weighted by Gasteiger charge is -2.24. The second-order valence-electron chi connectivity index (χ2n) is 4.66. The van der Waals surface area contributed by atoms with Crippen LogP contribution in [0.3, 0.4) is 0 Å². The second-order valence-corrected chi connectivity index (χ2v) is 5.44. The number of likely N-dealkylation sites (tertiary alicyclic amines) is 1. The molecule has 2 aromatic heterocycles. The quantitative estimate of drug-likeness (QED) is 0.828. The van der Waals surface area contributed by atoms with E-state index in [0.717, 1.165) is 13.1 Å². The number of hydrogen-bond donors (Lipinski definition) is 0. The molecule has 4 heteroatoms. The zero-order valence-corrected chi connectivity index (χ0v) is 10.6. The summed E-state index contributed by atoms with van der Waals surface area (Å²) in [4.78, 5) is 6.71. The molecule has 0 unspecified atom stereocenters. The van der Waals surface area contributed by atoms with E-state index in [1.165, 1.54) is 24.9 Å². The highest BCUT2D eigenvalue weighted by molar-refractivity contribution is 7.07. The van der Waals surface area contributed by atoms with E-state index in [9.17, 15) is 0 Å². The topological polar surface area (TPSA) is 21.1 Å². The van der Waals surface area contributed by atoms with Crippen LogP contribution < -0.4 is 0 Å². The summed E-state index contributed by atoms with van der Waals surface area (Å²) in [6.45, 7) is 3.40. The molecule has 3 rings (SSSR count). The molecule has 0 N–H and O–H groups in total. The van der Waals surface area contributed by atoms with E-state index < -0.39 is 0 Å². The van der Waals surface area contributed by atoms with Crippen molar-refractivity contribution in [3.05, 3.63) is 41.1 Å². The van der Waals surface area contributed by atoms with Gasteiger partial charge < -0.3 is 4.57 Å². The van der Waals surface area contributed by atoms with Gasteiger partial charge in [-0.2, -0.15) is 11.3 Å². The Morgan fingerprint density at radius 2 is 2.47 bits per heavy atom. The molecule has 0 amide bonds. The van der Waals surface area contributed by atoms with Crippen molar-refractivity contribution in [2.75, 3.05) is 6.54 Å². The highest BCUT2D eigenvalue weighted by Gasteiger charge is 2.24. The molecule has 1 saturated heterocycles. The van der Waals surface area contributed by atoms with Gasteiger partial charge in [0, 0.05) is 31.5 Å². The smallest absolute Gasteiger partial charge is 0.0946 e. The Labute approximate surface area is 106 Å². The van der Waals surface area contributed by atoms with E-state index in [-0.39, 0.29) is 0 Å². The number of aromatic nitrogens is 2. The maximum absolute atomic E-state index is 4.11. The van der Waals surface area contributed by atoms with Gasteiger partial charge in [0.15, 0.2) is 0 Å². The summed E-state index contributed by atoms with van der Waals surface area (Å²) in [6.07, 6.45) is 8.46. The van der Waals surface area contributed by atoms with Crippen molar-refractivity contribution in [3.8, 4) is 0 Å². The molecule has 1 fully saturated rings. The van der Waals surface area contributed by atoms with Gasteiger partial charge in [0.05, 0.1) is 6.33 Å². The zero-order valence-electron chi connectivity index (χ0n) is 9.83. The van der Waals surface area contributed by atoms with Crippen molar-refractivity contribution in [1.82, 2.24) is 14.5 Å². The first kappa shape index (κ1) is 11.0. The first-order valence-electron chi connectivity index (χ1n) is 6.13. The molecule has 2 aromatic rings. The van der Waals surface area contributed by atoms with Crippen LogP contribution in [0.1, 0.15) is 18.4 Å². The molecule has 0 aromatic carbocycles. The minimum atomic E-state index is 0.670. The molecule has 17 heavy (non-hydrogen) atoms. The van der Waals surface area contributed by atoms with Crippen LogP contribution >= 0.6 is 11.3 Å². The fraction of sp³-hybridized carbons (Fsp3) is 0.462. The number of rotatable bonds is 4. The largest absolute Gasteiger partial charge is 0.336 e. The van der Waals surface area contributed by atoms with Crippen molar-refractivity contribution in [2.24, 2.45) is 0 Å². The summed E-state index contributed by atoms with van der Waals surface area (Å²) < 4.78 is 2.19. The predicted octanol–water partition coefficient (Wildman–Crippen LogP) is 2.61. The molecule has 1 atom stereocenters. The van der Waals surface area contributed by atoms with Gasteiger partial charge in [-0.25, -0.2) is 4.98 Å². The first-order chi connectivity index (χ1) is 8.42. The summed E-state index contributed by atoms with van der Waals surface area (Å²) in [5.41, 5.74) is 1.45. The Morgan fingerprint density at radius 3 is 3.24 bits per heavy atom. The lowest BCUT2D eigenvalue weighted by atomic mass is 10.2. The summed E-state index contributed by atoms with van der Waals surface area (Å²) >= 11 is 1.79. The molecule has 0 aliphatic carbocycles. The fourth-order valence-corrected chi connectivity index (χ4v) is 3.23. The molecule has 0 radical (unpaired) electrons. The first-order valence-corrected chi connectivity index (χ1v) is 7.07. The van der Waals surface area contributed by atoms with Crippen LogP contribution in [-0.4, -0.2) is 27.0 Å². The molecule has 3 nitrogen and oxygen atoms in total. The molecule has 0 bridgehead atoms. The van der Waals surface area contributed by atoms with Gasteiger partial charge in [0.1, 0.15) is 0 Å². The predicted molar refractivity (Wildman–Crippen MR) is 70.0 cm³/mol. The normalized spacial score (nSPS) is 21.1. The van der Waals surface area contributed by atoms with Crippen LogP contribution in [0, 0.1) is 0 Å². The van der Waals surface area contributed by atoms with Gasteiger partial charge >= 0.3 is 0 Å². The summed E-state index contributed by atoms with van der Waals surface area (Å²) in [5.74, 6) is 0. The summed E-state index contributed by atoms with van der Waals surface area (Å²) in [7, 11) is 0. The van der Waals surface area contributed by atoms with Crippen molar-refractivity contribution in [3.63, 3.8) is 0 Å². The molecule has 1 aliphatic rings. The van der Waals surface area contributed by atoms with Crippen molar-refractivity contribution in [2.45, 2.75) is 32.0 Å². The highest BCUT2D eigenvalue weighted by Crippen LogP contribution is 2.22. The summed E-state index contributed by atoms with van der Waals surface area (Å²) in [6, 6.07) is 2.90. The van der Waals surface area contributed by atoms with E-state index >= 15 is 0 Å².